The van der Waals surface area contributed by atoms with E-state index in [-0.39, 0.29) is 47.3 Å². The number of hydrogen-bond acceptors (Lipinski definition) is 6. The fourth-order valence-electron chi connectivity index (χ4n) is 1.86. The van der Waals surface area contributed by atoms with Crippen molar-refractivity contribution in [2.75, 3.05) is 14.2 Å². The van der Waals surface area contributed by atoms with Gasteiger partial charge in [0.1, 0.15) is 22.6 Å². The van der Waals surface area contributed by atoms with Gasteiger partial charge in [0.2, 0.25) is 10.8 Å². The van der Waals surface area contributed by atoms with Crippen molar-refractivity contribution in [1.82, 2.24) is 0 Å². The van der Waals surface area contributed by atoms with Gasteiger partial charge in [0.05, 0.1) is 26.4 Å². The van der Waals surface area contributed by atoms with E-state index in [1.54, 1.807) is 12.1 Å². The van der Waals surface area contributed by atoms with E-state index >= 15 is 0 Å². The van der Waals surface area contributed by atoms with Crippen LogP contribution in [0.25, 0.3) is 9.95 Å². The minimum absolute atomic E-state index is 0. The molecule has 0 aliphatic carbocycles. The Morgan fingerprint density at radius 1 is 0.839 bits per heavy atom. The van der Waals surface area contributed by atoms with Crippen molar-refractivity contribution in [1.29, 1.82) is 10.8 Å². The summed E-state index contributed by atoms with van der Waals surface area (Å²) in [5.74, 6) is -0.290. The van der Waals surface area contributed by atoms with Crippen LogP contribution in [0.15, 0.2) is 36.4 Å². The third-order valence-corrected chi connectivity index (χ3v) is 3.16. The summed E-state index contributed by atoms with van der Waals surface area (Å²) in [6.45, 7) is 0. The van der Waals surface area contributed by atoms with Gasteiger partial charge in [0.25, 0.3) is 11.8 Å². The molecule has 0 bridgehead atoms. The van der Waals surface area contributed by atoms with E-state index in [4.69, 9.17) is 51.1 Å². The second-order valence-corrected chi connectivity index (χ2v) is 9.42. The first kappa shape index (κ1) is 33.2. The Bertz CT molecular complexity index is 877. The van der Waals surface area contributed by atoms with Crippen LogP contribution in [-0.4, -0.2) is 26.0 Å². The molecule has 4 N–H and O–H groups in total. The molecule has 2 aromatic rings. The van der Waals surface area contributed by atoms with Crippen molar-refractivity contribution in [3.63, 3.8) is 0 Å². The van der Waals surface area contributed by atoms with E-state index in [1.165, 1.54) is 38.5 Å². The average molecular weight is 564 g/mol. The summed E-state index contributed by atoms with van der Waals surface area (Å²) in [6, 6.07) is 8.84. The predicted octanol–water partition coefficient (Wildman–Crippen LogP) is -2.06. The molecule has 0 fully saturated rings. The quantitative estimate of drug-likeness (QED) is 0.321. The van der Waals surface area contributed by atoms with Crippen molar-refractivity contribution < 1.29 is 59.0 Å². The van der Waals surface area contributed by atoms with Gasteiger partial charge in [-0.05, 0) is 24.3 Å². The van der Waals surface area contributed by atoms with Crippen LogP contribution in [0.1, 0.15) is 20.7 Å². The van der Waals surface area contributed by atoms with Crippen LogP contribution in [0.5, 0.6) is 11.5 Å². The molecule has 10 nitrogen and oxygen atoms in total. The predicted molar refractivity (Wildman–Crippen MR) is 104 cm³/mol. The molecule has 0 aliphatic rings. The topological polar surface area (TPSA) is 161 Å². The van der Waals surface area contributed by atoms with Crippen LogP contribution < -0.4 is 45.8 Å². The molecule has 0 atom stereocenters. The summed E-state index contributed by atoms with van der Waals surface area (Å²) in [5.41, 5.74) is 10.6. The van der Waals surface area contributed by atoms with Gasteiger partial charge in [-0.15, -0.1) is 0 Å². The first-order chi connectivity index (χ1) is 13.8. The third-order valence-electron chi connectivity index (χ3n) is 3.16. The molecule has 0 saturated heterocycles. The minimum atomic E-state index is -0.931. The first-order valence-electron chi connectivity index (χ1n) is 7.57. The fraction of sp³-hybridized carbons (Fsp3) is 0.125. The third kappa shape index (κ3) is 11.5. The number of primary amides is 2. The monoisotopic (exact) mass is 560 g/mol. The van der Waals surface area contributed by atoms with Gasteiger partial charge >= 0.3 is 45.9 Å². The van der Waals surface area contributed by atoms with E-state index in [9.17, 15) is 9.59 Å². The number of benzene rings is 2. The molecule has 164 valence electrons. The van der Waals surface area contributed by atoms with Crippen LogP contribution in [-0.2, 0) is 15.1 Å². The van der Waals surface area contributed by atoms with Crippen LogP contribution in [0.4, 0.5) is 11.4 Å². The Labute approximate surface area is 206 Å². The molecule has 0 aliphatic heterocycles. The Balaban J connectivity index is -0.000000424. The number of carbonyl (C=O) groups excluding carboxylic acids is 2. The van der Waals surface area contributed by atoms with Gasteiger partial charge < -0.3 is 45.8 Å². The van der Waals surface area contributed by atoms with Crippen LogP contribution in [0.2, 0.25) is 0 Å². The Morgan fingerprint density at radius 2 is 1.13 bits per heavy atom. The summed E-state index contributed by atoms with van der Waals surface area (Å²) in [7, 11) is 12.8. The average Bonchev–Trinajstić information content (AvgIpc) is 2.73. The van der Waals surface area contributed by atoms with Gasteiger partial charge in [-0.3, -0.25) is 9.59 Å². The second kappa shape index (κ2) is 18.4. The molecule has 0 heterocycles. The molecule has 0 unspecified atom stereocenters. The van der Waals surface area contributed by atoms with E-state index in [1.807, 2.05) is 0 Å². The number of diazo groups is 2. The summed E-state index contributed by atoms with van der Waals surface area (Å²) < 4.78 is 9.74. The number of methoxy groups -OCH3 is 2. The van der Waals surface area contributed by atoms with Crippen molar-refractivity contribution in [3.8, 4) is 11.5 Å². The van der Waals surface area contributed by atoms with E-state index in [0.29, 0.717) is 11.5 Å². The number of amides is 2. The molecule has 2 aromatic carbocycles. The van der Waals surface area contributed by atoms with E-state index < -0.39 is 27.0 Å². The first-order valence-corrected chi connectivity index (χ1v) is 15.4. The Morgan fingerprint density at radius 3 is 1.32 bits per heavy atom. The van der Waals surface area contributed by atoms with Gasteiger partial charge in [-0.2, -0.15) is 0 Å². The van der Waals surface area contributed by atoms with Crippen molar-refractivity contribution in [3.05, 3.63) is 57.5 Å². The molecule has 31 heavy (non-hydrogen) atoms. The van der Waals surface area contributed by atoms with E-state index in [0.717, 1.165) is 0 Å². The number of nitrogens with zero attached hydrogens (tertiary/aromatic N) is 4. The summed E-state index contributed by atoms with van der Waals surface area (Å²) in [4.78, 5) is 27.4. The second-order valence-electron chi connectivity index (χ2n) is 4.80. The maximum atomic E-state index is 10.8. The van der Waals surface area contributed by atoms with Crippen molar-refractivity contribution >= 4 is 42.6 Å². The summed E-state index contributed by atoms with van der Waals surface area (Å²) in [6.07, 6.45) is 0. The van der Waals surface area contributed by atoms with Gasteiger partial charge in [-0.25, -0.2) is 0 Å². The van der Waals surface area contributed by atoms with Gasteiger partial charge in [0, 0.05) is 0 Å². The van der Waals surface area contributed by atoms with E-state index in [2.05, 4.69) is 9.95 Å². The SMILES string of the molecule is COc1ccc(C(N)=O)c([N+]#N)c1.COc1ccc(C(N)=O)c([N+]#N)c1.[Cl-].[Cl-].[Cl][Zn][Cl]. The maximum absolute atomic E-state index is 10.8. The number of halogens is 4. The summed E-state index contributed by atoms with van der Waals surface area (Å²) >= 11 is -0.931. The zero-order chi connectivity index (χ0) is 22.4. The molecule has 0 radical (unpaired) electrons. The normalized spacial score (nSPS) is 7.81. The number of carbonyl (C=O) groups is 2. The zero-order valence-electron chi connectivity index (χ0n) is 16.3. The standard InChI is InChI=1S/2C8H7N3O2.4ClH.Zn/c2*1-13-5-2-3-6(8(9)12)7(4-5)11-10;;;;;/h2*2-4H,1H3,(H-,9,12);4*1H;/q;;;;;;+2/p-2. The molecule has 2 amide bonds. The van der Waals surface area contributed by atoms with Crippen LogP contribution in [0, 0.1) is 10.8 Å². The molecular weight excluding hydrogens is 547 g/mol. The number of rotatable bonds is 4. The van der Waals surface area contributed by atoms with Crippen LogP contribution >= 0.6 is 19.4 Å². The van der Waals surface area contributed by atoms with Gasteiger partial charge in [-0.1, -0.05) is 0 Å². The Kier molecular flexibility index (Phi) is 19.7. The van der Waals surface area contributed by atoms with Crippen LogP contribution in [0.3, 0.4) is 0 Å². The zero-order valence-corrected chi connectivity index (χ0v) is 22.3. The fourth-order valence-corrected chi connectivity index (χ4v) is 1.86. The molecule has 15 heteroatoms. The van der Waals surface area contributed by atoms with Gasteiger partial charge in [0.15, 0.2) is 9.95 Å². The number of ether oxygens (including phenoxy) is 2. The summed E-state index contributed by atoms with van der Waals surface area (Å²) in [5, 5.41) is 17.1. The number of nitrogens with two attached hydrogens (primary N) is 2. The molecule has 0 aromatic heterocycles. The van der Waals surface area contributed by atoms with Crippen molar-refractivity contribution in [2.24, 2.45) is 11.5 Å². The molecule has 0 spiro atoms. The molecule has 0 saturated carbocycles. The molecular formula is C16H16Cl4N6O4Zn. The Hall–Kier alpha value is -2.40. The molecule has 2 rings (SSSR count). The van der Waals surface area contributed by atoms with Crippen molar-refractivity contribution in [2.45, 2.75) is 0 Å². The number of hydrogen-bond donors (Lipinski definition) is 2.